The lowest BCUT2D eigenvalue weighted by Gasteiger charge is -2.15. The van der Waals surface area contributed by atoms with E-state index in [0.29, 0.717) is 18.4 Å². The summed E-state index contributed by atoms with van der Waals surface area (Å²) in [5.74, 6) is 0.773. The standard InChI is InChI=1S/C13H20BrNO2S/c1-10(18-2)7-15-8-12(16)9-17-13-5-3-11(14)4-6-13/h3-6,10,12,15-16H,7-9H2,1-2H3. The molecule has 2 N–H and O–H groups in total. The molecule has 0 fully saturated rings. The van der Waals surface area contributed by atoms with Crippen LogP contribution in [-0.4, -0.2) is 42.4 Å². The van der Waals surface area contributed by atoms with Gasteiger partial charge in [0.25, 0.3) is 0 Å². The van der Waals surface area contributed by atoms with Crippen molar-refractivity contribution < 1.29 is 9.84 Å². The van der Waals surface area contributed by atoms with Crippen molar-refractivity contribution in [3.63, 3.8) is 0 Å². The number of rotatable bonds is 8. The van der Waals surface area contributed by atoms with Crippen molar-refractivity contribution in [2.75, 3.05) is 26.0 Å². The summed E-state index contributed by atoms with van der Waals surface area (Å²) in [7, 11) is 0. The predicted octanol–water partition coefficient (Wildman–Crippen LogP) is 2.53. The zero-order valence-corrected chi connectivity index (χ0v) is 13.1. The van der Waals surface area contributed by atoms with E-state index in [4.69, 9.17) is 4.74 Å². The van der Waals surface area contributed by atoms with Crippen LogP contribution in [0.25, 0.3) is 0 Å². The zero-order valence-electron chi connectivity index (χ0n) is 10.7. The first-order chi connectivity index (χ1) is 8.61. The Hall–Kier alpha value is -0.230. The van der Waals surface area contributed by atoms with Crippen LogP contribution in [0.2, 0.25) is 0 Å². The summed E-state index contributed by atoms with van der Waals surface area (Å²) in [5, 5.41) is 13.5. The molecule has 0 radical (unpaired) electrons. The normalized spacial score (nSPS) is 14.2. The minimum atomic E-state index is -0.484. The van der Waals surface area contributed by atoms with Crippen LogP contribution >= 0.6 is 27.7 Å². The van der Waals surface area contributed by atoms with Gasteiger partial charge in [0, 0.05) is 22.8 Å². The lowest BCUT2D eigenvalue weighted by atomic mass is 10.3. The average molecular weight is 334 g/mol. The quantitative estimate of drug-likeness (QED) is 0.767. The molecule has 1 rings (SSSR count). The van der Waals surface area contributed by atoms with Crippen LogP contribution in [0, 0.1) is 0 Å². The molecule has 0 spiro atoms. The molecule has 102 valence electrons. The number of nitrogens with one attached hydrogen (secondary N) is 1. The van der Waals surface area contributed by atoms with Gasteiger partial charge < -0.3 is 15.2 Å². The van der Waals surface area contributed by atoms with Crippen molar-refractivity contribution in [3.8, 4) is 5.75 Å². The first-order valence-electron chi connectivity index (χ1n) is 5.91. The molecule has 0 saturated heterocycles. The van der Waals surface area contributed by atoms with Crippen molar-refractivity contribution in [1.29, 1.82) is 0 Å². The van der Waals surface area contributed by atoms with Gasteiger partial charge in [0.1, 0.15) is 18.5 Å². The lowest BCUT2D eigenvalue weighted by molar-refractivity contribution is 0.106. The molecule has 0 bridgehead atoms. The van der Waals surface area contributed by atoms with Crippen molar-refractivity contribution >= 4 is 27.7 Å². The second-order valence-corrected chi connectivity index (χ2v) is 6.32. The Kier molecular flexibility index (Phi) is 7.74. The minimum absolute atomic E-state index is 0.308. The molecule has 1 aromatic rings. The van der Waals surface area contributed by atoms with Gasteiger partial charge in [-0.05, 0) is 30.5 Å². The zero-order chi connectivity index (χ0) is 13.4. The van der Waals surface area contributed by atoms with Gasteiger partial charge in [0.05, 0.1) is 0 Å². The summed E-state index contributed by atoms with van der Waals surface area (Å²) in [4.78, 5) is 0. The first-order valence-corrected chi connectivity index (χ1v) is 8.00. The third-order valence-corrected chi connectivity index (χ3v) is 3.97. The number of ether oxygens (including phenoxy) is 1. The minimum Gasteiger partial charge on any atom is -0.491 e. The Labute approximate surface area is 121 Å². The van der Waals surface area contributed by atoms with E-state index < -0.39 is 6.10 Å². The topological polar surface area (TPSA) is 41.5 Å². The Morgan fingerprint density at radius 3 is 2.61 bits per heavy atom. The van der Waals surface area contributed by atoms with E-state index in [-0.39, 0.29) is 0 Å². The van der Waals surface area contributed by atoms with E-state index in [0.717, 1.165) is 16.8 Å². The molecule has 0 amide bonds. The summed E-state index contributed by atoms with van der Waals surface area (Å²) in [6, 6.07) is 7.58. The summed E-state index contributed by atoms with van der Waals surface area (Å²) in [6.07, 6.45) is 1.60. The molecule has 5 heteroatoms. The summed E-state index contributed by atoms with van der Waals surface area (Å²) >= 11 is 5.17. The molecular formula is C13H20BrNO2S. The largest absolute Gasteiger partial charge is 0.491 e. The summed E-state index contributed by atoms with van der Waals surface area (Å²) < 4.78 is 6.51. The van der Waals surface area contributed by atoms with Crippen LogP contribution < -0.4 is 10.1 Å². The van der Waals surface area contributed by atoms with Crippen molar-refractivity contribution in [1.82, 2.24) is 5.32 Å². The van der Waals surface area contributed by atoms with Gasteiger partial charge in [0.15, 0.2) is 0 Å². The molecule has 0 heterocycles. The van der Waals surface area contributed by atoms with Gasteiger partial charge in [-0.25, -0.2) is 0 Å². The second kappa shape index (κ2) is 8.80. The molecule has 2 atom stereocenters. The van der Waals surface area contributed by atoms with Crippen molar-refractivity contribution in [2.24, 2.45) is 0 Å². The van der Waals surface area contributed by atoms with Crippen LogP contribution in [0.1, 0.15) is 6.92 Å². The van der Waals surface area contributed by atoms with Crippen LogP contribution in [0.15, 0.2) is 28.7 Å². The van der Waals surface area contributed by atoms with E-state index in [1.165, 1.54) is 0 Å². The molecule has 0 aliphatic rings. The maximum atomic E-state index is 9.75. The Bertz CT molecular complexity index is 334. The number of hydrogen-bond donors (Lipinski definition) is 2. The summed E-state index contributed by atoms with van der Waals surface area (Å²) in [5.41, 5.74) is 0. The number of benzene rings is 1. The van der Waals surface area contributed by atoms with E-state index >= 15 is 0 Å². The van der Waals surface area contributed by atoms with Crippen LogP contribution in [0.4, 0.5) is 0 Å². The van der Waals surface area contributed by atoms with Crippen LogP contribution in [-0.2, 0) is 0 Å². The number of aliphatic hydroxyl groups excluding tert-OH is 1. The molecule has 18 heavy (non-hydrogen) atoms. The predicted molar refractivity (Wildman–Crippen MR) is 81.5 cm³/mol. The van der Waals surface area contributed by atoms with E-state index in [1.54, 1.807) is 0 Å². The van der Waals surface area contributed by atoms with Gasteiger partial charge in [-0.2, -0.15) is 11.8 Å². The van der Waals surface area contributed by atoms with E-state index in [9.17, 15) is 5.11 Å². The number of halogens is 1. The summed E-state index contributed by atoms with van der Waals surface area (Å²) in [6.45, 7) is 3.92. The lowest BCUT2D eigenvalue weighted by Crippen LogP contribution is -2.34. The van der Waals surface area contributed by atoms with Crippen LogP contribution in [0.3, 0.4) is 0 Å². The molecule has 0 aromatic heterocycles. The van der Waals surface area contributed by atoms with Gasteiger partial charge in [-0.15, -0.1) is 0 Å². The molecule has 0 aliphatic carbocycles. The molecule has 1 aromatic carbocycles. The SMILES string of the molecule is CSC(C)CNCC(O)COc1ccc(Br)cc1. The number of aliphatic hydroxyl groups is 1. The third kappa shape index (κ3) is 6.64. The Morgan fingerprint density at radius 2 is 2.00 bits per heavy atom. The fourth-order valence-corrected chi connectivity index (χ4v) is 1.87. The van der Waals surface area contributed by atoms with Gasteiger partial charge >= 0.3 is 0 Å². The third-order valence-electron chi connectivity index (χ3n) is 2.47. The monoisotopic (exact) mass is 333 g/mol. The molecule has 2 unspecified atom stereocenters. The van der Waals surface area contributed by atoms with Gasteiger partial charge in [-0.1, -0.05) is 22.9 Å². The van der Waals surface area contributed by atoms with Gasteiger partial charge in [0.2, 0.25) is 0 Å². The highest BCUT2D eigenvalue weighted by molar-refractivity contribution is 9.10. The second-order valence-electron chi connectivity index (χ2n) is 4.12. The molecule has 0 saturated carbocycles. The maximum Gasteiger partial charge on any atom is 0.119 e. The number of thioether (sulfide) groups is 1. The highest BCUT2D eigenvalue weighted by atomic mass is 79.9. The van der Waals surface area contributed by atoms with Gasteiger partial charge in [-0.3, -0.25) is 0 Å². The van der Waals surface area contributed by atoms with Crippen molar-refractivity contribution in [3.05, 3.63) is 28.7 Å². The maximum absolute atomic E-state index is 9.75. The smallest absolute Gasteiger partial charge is 0.119 e. The fraction of sp³-hybridized carbons (Fsp3) is 0.538. The molecular weight excluding hydrogens is 314 g/mol. The molecule has 0 aliphatic heterocycles. The Morgan fingerprint density at radius 1 is 1.33 bits per heavy atom. The fourth-order valence-electron chi connectivity index (χ4n) is 1.32. The highest BCUT2D eigenvalue weighted by Gasteiger charge is 2.06. The van der Waals surface area contributed by atoms with Crippen molar-refractivity contribution in [2.45, 2.75) is 18.3 Å². The van der Waals surface area contributed by atoms with E-state index in [2.05, 4.69) is 34.4 Å². The van der Waals surface area contributed by atoms with Crippen LogP contribution in [0.5, 0.6) is 5.75 Å². The number of hydrogen-bond acceptors (Lipinski definition) is 4. The van der Waals surface area contributed by atoms with E-state index in [1.807, 2.05) is 36.0 Å². The first kappa shape index (κ1) is 15.8. The average Bonchev–Trinajstić information content (AvgIpc) is 2.38. The Balaban J connectivity index is 2.16. The highest BCUT2D eigenvalue weighted by Crippen LogP contribution is 2.16. The molecule has 3 nitrogen and oxygen atoms in total.